The Morgan fingerprint density at radius 3 is 2.74 bits per heavy atom. The van der Waals surface area contributed by atoms with Gasteiger partial charge in [-0.2, -0.15) is 5.10 Å². The van der Waals surface area contributed by atoms with Crippen molar-refractivity contribution in [3.8, 4) is 5.69 Å². The van der Waals surface area contributed by atoms with Crippen molar-refractivity contribution in [1.29, 1.82) is 0 Å². The standard InChI is InChI=1S/C22H28N4O4S/c1-16-17(14-26(24-16)19-7-3-2-4-8-19)6-5-10-23-22(28)18-12-21(27)25(13-18)20-9-11-31(29,30)15-20/h2-4,7-8,14,18,20H,5-6,9-13,15H2,1H3,(H,23,28)/t18-,20-/m0/s1. The molecule has 166 valence electrons. The van der Waals surface area contributed by atoms with Gasteiger partial charge in [0.05, 0.1) is 28.8 Å². The van der Waals surface area contributed by atoms with E-state index in [9.17, 15) is 18.0 Å². The predicted octanol–water partition coefficient (Wildman–Crippen LogP) is 1.27. The molecule has 2 fully saturated rings. The molecule has 2 atom stereocenters. The summed E-state index contributed by atoms with van der Waals surface area (Å²) < 4.78 is 25.3. The van der Waals surface area contributed by atoms with E-state index in [-0.39, 0.29) is 35.8 Å². The highest BCUT2D eigenvalue weighted by molar-refractivity contribution is 7.91. The van der Waals surface area contributed by atoms with Gasteiger partial charge in [0.1, 0.15) is 0 Å². The predicted molar refractivity (Wildman–Crippen MR) is 117 cm³/mol. The fourth-order valence-electron chi connectivity index (χ4n) is 4.37. The third kappa shape index (κ3) is 4.98. The average Bonchev–Trinajstić information content (AvgIpc) is 3.42. The molecule has 31 heavy (non-hydrogen) atoms. The largest absolute Gasteiger partial charge is 0.356 e. The van der Waals surface area contributed by atoms with Gasteiger partial charge in [0.15, 0.2) is 9.84 Å². The van der Waals surface area contributed by atoms with Gasteiger partial charge in [-0.15, -0.1) is 0 Å². The molecule has 1 aromatic carbocycles. The van der Waals surface area contributed by atoms with Crippen molar-refractivity contribution in [2.24, 2.45) is 5.92 Å². The quantitative estimate of drug-likeness (QED) is 0.648. The van der Waals surface area contributed by atoms with Gasteiger partial charge in [-0.05, 0) is 43.9 Å². The van der Waals surface area contributed by atoms with E-state index in [1.807, 2.05) is 48.1 Å². The molecule has 2 aliphatic heterocycles. The summed E-state index contributed by atoms with van der Waals surface area (Å²) in [6.45, 7) is 2.82. The zero-order chi connectivity index (χ0) is 22.0. The number of carbonyl (C=O) groups is 2. The maximum Gasteiger partial charge on any atom is 0.225 e. The number of carbonyl (C=O) groups excluding carboxylic acids is 2. The summed E-state index contributed by atoms with van der Waals surface area (Å²) in [6.07, 6.45) is 4.23. The van der Waals surface area contributed by atoms with Crippen LogP contribution in [-0.4, -0.2) is 65.5 Å². The average molecular weight is 445 g/mol. The van der Waals surface area contributed by atoms with Crippen LogP contribution in [0.2, 0.25) is 0 Å². The summed E-state index contributed by atoms with van der Waals surface area (Å²) in [6, 6.07) is 9.65. The van der Waals surface area contributed by atoms with Crippen LogP contribution in [0.1, 0.15) is 30.5 Å². The van der Waals surface area contributed by atoms with E-state index in [1.165, 1.54) is 0 Å². The fourth-order valence-corrected chi connectivity index (χ4v) is 6.10. The molecule has 2 saturated heterocycles. The maximum absolute atomic E-state index is 12.5. The van der Waals surface area contributed by atoms with Crippen molar-refractivity contribution in [3.05, 3.63) is 47.8 Å². The van der Waals surface area contributed by atoms with Gasteiger partial charge in [0.25, 0.3) is 0 Å². The molecular weight excluding hydrogens is 416 g/mol. The number of hydrogen-bond donors (Lipinski definition) is 1. The lowest BCUT2D eigenvalue weighted by Gasteiger charge is -2.22. The summed E-state index contributed by atoms with van der Waals surface area (Å²) in [5.74, 6) is -0.514. The van der Waals surface area contributed by atoms with Gasteiger partial charge >= 0.3 is 0 Å². The van der Waals surface area contributed by atoms with E-state index in [4.69, 9.17) is 0 Å². The Hall–Kier alpha value is -2.68. The highest BCUT2D eigenvalue weighted by Gasteiger charge is 2.41. The topological polar surface area (TPSA) is 101 Å². The molecule has 1 N–H and O–H groups in total. The number of amides is 2. The van der Waals surface area contributed by atoms with Crippen molar-refractivity contribution in [3.63, 3.8) is 0 Å². The fraction of sp³-hybridized carbons (Fsp3) is 0.500. The van der Waals surface area contributed by atoms with Gasteiger partial charge < -0.3 is 10.2 Å². The number of benzene rings is 1. The summed E-state index contributed by atoms with van der Waals surface area (Å²) >= 11 is 0. The van der Waals surface area contributed by atoms with Crippen molar-refractivity contribution >= 4 is 21.7 Å². The van der Waals surface area contributed by atoms with Gasteiger partial charge in [0, 0.05) is 31.7 Å². The molecule has 8 nitrogen and oxygen atoms in total. The van der Waals surface area contributed by atoms with E-state index >= 15 is 0 Å². The summed E-state index contributed by atoms with van der Waals surface area (Å²) in [7, 11) is -3.06. The maximum atomic E-state index is 12.5. The molecule has 1 aromatic heterocycles. The molecular formula is C22H28N4O4S. The first-order chi connectivity index (χ1) is 14.8. The van der Waals surface area contributed by atoms with Crippen LogP contribution in [0.25, 0.3) is 5.69 Å². The smallest absolute Gasteiger partial charge is 0.225 e. The van der Waals surface area contributed by atoms with Crippen molar-refractivity contribution in [2.75, 3.05) is 24.6 Å². The second kappa shape index (κ2) is 8.82. The Kier molecular flexibility index (Phi) is 6.13. The second-order valence-electron chi connectivity index (χ2n) is 8.42. The first kappa shape index (κ1) is 21.5. The summed E-state index contributed by atoms with van der Waals surface area (Å²) in [4.78, 5) is 26.4. The van der Waals surface area contributed by atoms with Crippen LogP contribution in [0, 0.1) is 12.8 Å². The zero-order valence-electron chi connectivity index (χ0n) is 17.7. The lowest BCUT2D eigenvalue weighted by Crippen LogP contribution is -2.39. The summed E-state index contributed by atoms with van der Waals surface area (Å²) in [5.41, 5.74) is 3.12. The van der Waals surface area contributed by atoms with Crippen LogP contribution in [-0.2, 0) is 25.8 Å². The van der Waals surface area contributed by atoms with Gasteiger partial charge in [-0.1, -0.05) is 18.2 Å². The number of rotatable bonds is 7. The lowest BCUT2D eigenvalue weighted by molar-refractivity contribution is -0.130. The minimum absolute atomic E-state index is 0.0170. The van der Waals surface area contributed by atoms with E-state index in [0.29, 0.717) is 19.5 Å². The van der Waals surface area contributed by atoms with Crippen LogP contribution in [0.15, 0.2) is 36.5 Å². The number of sulfone groups is 1. The molecule has 2 aromatic rings. The summed E-state index contributed by atoms with van der Waals surface area (Å²) in [5, 5.41) is 7.50. The van der Waals surface area contributed by atoms with Crippen LogP contribution in [0.3, 0.4) is 0 Å². The van der Waals surface area contributed by atoms with Crippen LogP contribution in [0.5, 0.6) is 0 Å². The molecule has 0 spiro atoms. The minimum Gasteiger partial charge on any atom is -0.356 e. The number of hydrogen-bond acceptors (Lipinski definition) is 5. The molecule has 0 bridgehead atoms. The number of aromatic nitrogens is 2. The minimum atomic E-state index is -3.06. The molecule has 0 radical (unpaired) electrons. The third-order valence-corrected chi connectivity index (χ3v) is 7.87. The molecule has 9 heteroatoms. The number of nitrogens with one attached hydrogen (secondary N) is 1. The van der Waals surface area contributed by atoms with E-state index in [0.717, 1.165) is 29.8 Å². The Balaban J connectivity index is 1.24. The normalized spacial score (nSPS) is 22.7. The van der Waals surface area contributed by atoms with Crippen LogP contribution in [0.4, 0.5) is 0 Å². The van der Waals surface area contributed by atoms with Crippen LogP contribution >= 0.6 is 0 Å². The Morgan fingerprint density at radius 1 is 1.26 bits per heavy atom. The van der Waals surface area contributed by atoms with Crippen molar-refractivity contribution in [1.82, 2.24) is 20.0 Å². The van der Waals surface area contributed by atoms with Gasteiger partial charge in [0.2, 0.25) is 11.8 Å². The molecule has 0 aliphatic carbocycles. The first-order valence-corrected chi connectivity index (χ1v) is 12.5. The number of nitrogens with zero attached hydrogens (tertiary/aromatic N) is 3. The third-order valence-electron chi connectivity index (χ3n) is 6.12. The van der Waals surface area contributed by atoms with E-state index < -0.39 is 15.8 Å². The zero-order valence-corrected chi connectivity index (χ0v) is 18.5. The molecule has 3 heterocycles. The number of aryl methyl sites for hydroxylation is 2. The van der Waals surface area contributed by atoms with Gasteiger partial charge in [-0.25, -0.2) is 13.1 Å². The van der Waals surface area contributed by atoms with Crippen molar-refractivity contribution < 1.29 is 18.0 Å². The monoisotopic (exact) mass is 444 g/mol. The van der Waals surface area contributed by atoms with E-state index in [2.05, 4.69) is 10.4 Å². The Bertz CT molecular complexity index is 1060. The number of likely N-dealkylation sites (tertiary alicyclic amines) is 1. The highest BCUT2D eigenvalue weighted by atomic mass is 32.2. The molecule has 0 saturated carbocycles. The molecule has 2 amide bonds. The van der Waals surface area contributed by atoms with Gasteiger partial charge in [-0.3, -0.25) is 9.59 Å². The molecule has 4 rings (SSSR count). The SMILES string of the molecule is Cc1nn(-c2ccccc2)cc1CCCNC(=O)[C@H]1CC(=O)N([C@H]2CCS(=O)(=O)C2)C1. The highest BCUT2D eigenvalue weighted by Crippen LogP contribution is 2.26. The lowest BCUT2D eigenvalue weighted by atomic mass is 10.1. The molecule has 2 aliphatic rings. The Morgan fingerprint density at radius 2 is 2.03 bits per heavy atom. The first-order valence-electron chi connectivity index (χ1n) is 10.7. The van der Waals surface area contributed by atoms with Crippen LogP contribution < -0.4 is 5.32 Å². The molecule has 0 unspecified atom stereocenters. The Labute approximate surface area is 182 Å². The van der Waals surface area contributed by atoms with Crippen molar-refractivity contribution in [2.45, 2.75) is 38.6 Å². The second-order valence-corrected chi connectivity index (χ2v) is 10.6. The van der Waals surface area contributed by atoms with E-state index in [1.54, 1.807) is 4.90 Å². The number of para-hydroxylation sites is 1.